The van der Waals surface area contributed by atoms with Crippen molar-refractivity contribution in [1.82, 2.24) is 42.5 Å². The van der Waals surface area contributed by atoms with E-state index in [2.05, 4.69) is 47.5 Å². The van der Waals surface area contributed by atoms with Gasteiger partial charge in [0.1, 0.15) is 42.3 Å². The molecular weight excluding hydrogens is 852 g/mol. The van der Waals surface area contributed by atoms with Gasteiger partial charge in [-0.2, -0.15) is 0 Å². The Balaban J connectivity index is 3.19. The van der Waals surface area contributed by atoms with E-state index in [1.807, 2.05) is 0 Å². The lowest BCUT2D eigenvalue weighted by Crippen LogP contribution is -2.62. The number of aliphatic hydroxyl groups is 1. The maximum absolute atomic E-state index is 13.5. The molecule has 27 nitrogen and oxygen atoms in total. The van der Waals surface area contributed by atoms with Crippen LogP contribution in [0.2, 0.25) is 0 Å². The Bertz CT molecular complexity index is 1730. The largest absolute Gasteiger partial charge is 0.481 e. The fourth-order valence-electron chi connectivity index (χ4n) is 6.12. The van der Waals surface area contributed by atoms with Crippen LogP contribution in [0.25, 0.3) is 0 Å². The number of carbonyl (C=O) groups excluding carboxylic acids is 8. The van der Waals surface area contributed by atoms with Crippen molar-refractivity contribution in [2.75, 3.05) is 13.1 Å². The number of nitrogens with one attached hydrogen (secondary N) is 8. The van der Waals surface area contributed by atoms with Gasteiger partial charge in [0.2, 0.25) is 47.3 Å². The minimum Gasteiger partial charge on any atom is -0.481 e. The minimum atomic E-state index is -2.00. The number of aliphatic imine (C=N–C) groups is 1. The SMILES string of the molecule is CC(C)CC(NC(=O)C1CCCN1)C(=O)NC(C(=O)NC(CC(N)=O)C(=O)NC(CC(=O)O)C(=O)NC(C)C(=O)NC(CCC(=O)O)C(=O)NC(CCCN=C(N)N)C(=O)O)C(C)O. The predicted octanol–water partition coefficient (Wildman–Crippen LogP) is -6.07. The average molecular weight is 915 g/mol. The molecule has 0 saturated carbocycles. The van der Waals surface area contributed by atoms with Crippen molar-refractivity contribution in [3.05, 3.63) is 0 Å². The van der Waals surface area contributed by atoms with E-state index in [4.69, 9.17) is 17.2 Å². The number of carbonyl (C=O) groups is 11. The van der Waals surface area contributed by atoms with Crippen LogP contribution in [-0.4, -0.2) is 159 Å². The van der Waals surface area contributed by atoms with Crippen molar-refractivity contribution in [2.45, 2.75) is 140 Å². The van der Waals surface area contributed by atoms with Crippen molar-refractivity contribution in [1.29, 1.82) is 0 Å². The fraction of sp³-hybridized carbons (Fsp3) is 0.676. The van der Waals surface area contributed by atoms with Crippen molar-refractivity contribution >= 4 is 71.1 Å². The van der Waals surface area contributed by atoms with Gasteiger partial charge >= 0.3 is 17.9 Å². The van der Waals surface area contributed by atoms with E-state index in [0.29, 0.717) is 13.0 Å². The summed E-state index contributed by atoms with van der Waals surface area (Å²) in [5.41, 5.74) is 15.8. The number of nitrogens with two attached hydrogens (primary N) is 3. The molecule has 0 aromatic rings. The zero-order valence-electron chi connectivity index (χ0n) is 36.0. The quantitative estimate of drug-likeness (QED) is 0.0189. The summed E-state index contributed by atoms with van der Waals surface area (Å²) in [6.07, 6.45) is -3.54. The van der Waals surface area contributed by atoms with Crippen molar-refractivity contribution in [2.24, 2.45) is 28.1 Å². The van der Waals surface area contributed by atoms with Gasteiger partial charge in [-0.25, -0.2) is 4.79 Å². The van der Waals surface area contributed by atoms with Crippen LogP contribution in [0, 0.1) is 5.92 Å². The predicted molar refractivity (Wildman–Crippen MR) is 222 cm³/mol. The van der Waals surface area contributed by atoms with E-state index >= 15 is 0 Å². The summed E-state index contributed by atoms with van der Waals surface area (Å²) in [6, 6.07) is -12.2. The van der Waals surface area contributed by atoms with Gasteiger partial charge < -0.3 is 80.2 Å². The molecule has 9 atom stereocenters. The number of guanidine groups is 1. The second-order valence-electron chi connectivity index (χ2n) is 15.5. The third-order valence-corrected chi connectivity index (χ3v) is 9.42. The molecule has 8 amide bonds. The molecule has 1 aliphatic rings. The van der Waals surface area contributed by atoms with E-state index in [0.717, 1.165) is 20.3 Å². The van der Waals surface area contributed by atoms with E-state index < -0.39 is 145 Å². The number of aliphatic carboxylic acids is 3. The van der Waals surface area contributed by atoms with E-state index in [-0.39, 0.29) is 37.7 Å². The number of amides is 8. The molecular formula is C37H62N12O15. The van der Waals surface area contributed by atoms with Crippen LogP contribution in [0.5, 0.6) is 0 Å². The van der Waals surface area contributed by atoms with Gasteiger partial charge in [0.25, 0.3) is 0 Å². The zero-order chi connectivity index (χ0) is 48.8. The summed E-state index contributed by atoms with van der Waals surface area (Å²) in [5, 5.41) is 57.5. The van der Waals surface area contributed by atoms with Crippen molar-refractivity contribution < 1.29 is 73.2 Å². The molecule has 1 rings (SSSR count). The van der Waals surface area contributed by atoms with Gasteiger partial charge in [0.15, 0.2) is 5.96 Å². The second kappa shape index (κ2) is 27.4. The lowest BCUT2D eigenvalue weighted by atomic mass is 10.0. The standard InChI is InChI=1S/C37H62N12O15/c1-16(2)13-22(46-30(57)19-7-5-11-41-19)34(61)49-28(18(4)50)35(62)48-23(14-25(38)51)33(60)47-24(15-27(54)55)32(59)43-17(3)29(56)44-20(9-10-26(52)53)31(58)45-21(36(63)64)8-6-12-42-37(39)40/h16-24,28,41,50H,5-15H2,1-4H3,(H2,38,51)(H,43,59)(H,44,56)(H,45,58)(H,46,57)(H,47,60)(H,48,62)(H,49,61)(H,52,53)(H,54,55)(H,63,64)(H4,39,40,42). The monoisotopic (exact) mass is 914 g/mol. The maximum atomic E-state index is 13.5. The highest BCUT2D eigenvalue weighted by Gasteiger charge is 2.36. The molecule has 64 heavy (non-hydrogen) atoms. The molecule has 18 N–H and O–H groups in total. The highest BCUT2D eigenvalue weighted by molar-refractivity contribution is 5.99. The highest BCUT2D eigenvalue weighted by Crippen LogP contribution is 2.11. The second-order valence-corrected chi connectivity index (χ2v) is 15.5. The molecule has 0 radical (unpaired) electrons. The molecule has 0 aliphatic carbocycles. The fourth-order valence-corrected chi connectivity index (χ4v) is 6.12. The number of rotatable bonds is 29. The molecule has 1 saturated heterocycles. The summed E-state index contributed by atoms with van der Waals surface area (Å²) < 4.78 is 0. The third kappa shape index (κ3) is 21.0. The summed E-state index contributed by atoms with van der Waals surface area (Å²) in [5.74, 6) is -13.4. The Morgan fingerprint density at radius 1 is 0.641 bits per heavy atom. The lowest BCUT2D eigenvalue weighted by Gasteiger charge is -2.28. The zero-order valence-corrected chi connectivity index (χ0v) is 36.0. The first kappa shape index (κ1) is 55.4. The number of aliphatic hydroxyl groups excluding tert-OH is 1. The van der Waals surface area contributed by atoms with Crippen LogP contribution in [-0.2, 0) is 52.7 Å². The van der Waals surface area contributed by atoms with Crippen LogP contribution < -0.4 is 59.7 Å². The molecule has 1 aliphatic heterocycles. The average Bonchev–Trinajstić information content (AvgIpc) is 3.73. The van der Waals surface area contributed by atoms with Gasteiger partial charge in [-0.1, -0.05) is 13.8 Å². The molecule has 1 fully saturated rings. The topological polar surface area (TPSA) is 455 Å². The highest BCUT2D eigenvalue weighted by atomic mass is 16.4. The molecule has 0 aromatic carbocycles. The van der Waals surface area contributed by atoms with Crippen LogP contribution in [0.15, 0.2) is 4.99 Å². The lowest BCUT2D eigenvalue weighted by molar-refractivity contribution is -0.143. The minimum absolute atomic E-state index is 0.0198. The van der Waals surface area contributed by atoms with Crippen LogP contribution in [0.1, 0.15) is 85.5 Å². The molecule has 0 spiro atoms. The molecule has 360 valence electrons. The number of carboxylic acids is 3. The Morgan fingerprint density at radius 3 is 1.70 bits per heavy atom. The van der Waals surface area contributed by atoms with Gasteiger partial charge in [-0.15, -0.1) is 0 Å². The smallest absolute Gasteiger partial charge is 0.326 e. The molecule has 27 heteroatoms. The number of primary amides is 1. The van der Waals surface area contributed by atoms with Crippen LogP contribution in [0.4, 0.5) is 0 Å². The van der Waals surface area contributed by atoms with Gasteiger partial charge in [-0.05, 0) is 64.8 Å². The first-order valence-electron chi connectivity index (χ1n) is 20.4. The summed E-state index contributed by atoms with van der Waals surface area (Å²) in [6.45, 7) is 6.39. The normalized spacial score (nSPS) is 17.0. The summed E-state index contributed by atoms with van der Waals surface area (Å²) in [4.78, 5) is 143. The Labute approximate surface area is 367 Å². The molecule has 0 bridgehead atoms. The van der Waals surface area contributed by atoms with Gasteiger partial charge in [0, 0.05) is 13.0 Å². The number of carboxylic acid groups (broad SMARTS) is 3. The van der Waals surface area contributed by atoms with E-state index in [1.165, 1.54) is 0 Å². The Morgan fingerprint density at radius 2 is 1.19 bits per heavy atom. The van der Waals surface area contributed by atoms with Crippen molar-refractivity contribution in [3.63, 3.8) is 0 Å². The van der Waals surface area contributed by atoms with Gasteiger partial charge in [-0.3, -0.25) is 52.9 Å². The first-order chi connectivity index (χ1) is 29.8. The number of hydrogen-bond acceptors (Lipinski definition) is 14. The van der Waals surface area contributed by atoms with E-state index in [1.54, 1.807) is 13.8 Å². The van der Waals surface area contributed by atoms with Crippen LogP contribution >= 0.6 is 0 Å². The summed E-state index contributed by atoms with van der Waals surface area (Å²) >= 11 is 0. The molecule has 9 unspecified atom stereocenters. The third-order valence-electron chi connectivity index (χ3n) is 9.42. The van der Waals surface area contributed by atoms with Crippen LogP contribution in [0.3, 0.4) is 0 Å². The number of hydrogen-bond donors (Lipinski definition) is 15. The molecule has 0 aromatic heterocycles. The Hall–Kier alpha value is -6.64. The van der Waals surface area contributed by atoms with Gasteiger partial charge in [0.05, 0.1) is 25.0 Å². The van der Waals surface area contributed by atoms with Crippen molar-refractivity contribution in [3.8, 4) is 0 Å². The first-order valence-corrected chi connectivity index (χ1v) is 20.4. The Kier molecular flexibility index (Phi) is 23.7. The number of nitrogens with zero attached hydrogens (tertiary/aromatic N) is 1. The summed E-state index contributed by atoms with van der Waals surface area (Å²) in [7, 11) is 0. The van der Waals surface area contributed by atoms with E-state index in [9.17, 15) is 73.2 Å². The molecule has 1 heterocycles. The maximum Gasteiger partial charge on any atom is 0.326 e.